The monoisotopic (exact) mass is 630 g/mol. The van der Waals surface area contributed by atoms with Crippen molar-refractivity contribution in [3.05, 3.63) is 84.8 Å². The summed E-state index contributed by atoms with van der Waals surface area (Å²) in [6, 6.07) is 19.7. The van der Waals surface area contributed by atoms with E-state index >= 15 is 0 Å². The predicted octanol–water partition coefficient (Wildman–Crippen LogP) is 1.83. The number of amides is 3. The molecule has 0 fully saturated rings. The van der Waals surface area contributed by atoms with Crippen LogP contribution in [0.5, 0.6) is 5.75 Å². The van der Waals surface area contributed by atoms with E-state index in [9.17, 15) is 14.4 Å². The molecule has 0 saturated carbocycles. The Labute approximate surface area is 261 Å². The predicted molar refractivity (Wildman–Crippen MR) is 171 cm³/mol. The number of hydrogen-bond donors (Lipinski definition) is 4. The van der Waals surface area contributed by atoms with E-state index in [1.807, 2.05) is 66.7 Å². The molecular formula is C30H39ClN6O7. The van der Waals surface area contributed by atoms with E-state index in [0.29, 0.717) is 5.69 Å². The Kier molecular flexibility index (Phi) is 14.4. The Bertz CT molecular complexity index is 1530. The molecule has 44 heavy (non-hydrogen) atoms. The molecule has 3 aromatic carbocycles. The first-order valence-electron chi connectivity index (χ1n) is 13.0. The van der Waals surface area contributed by atoms with Gasteiger partial charge in [-0.25, -0.2) is 4.98 Å². The smallest absolute Gasteiger partial charge is 0.250 e. The Balaban J connectivity index is 0.00000323. The molecule has 13 nitrogen and oxygen atoms in total. The molecule has 0 aliphatic heterocycles. The van der Waals surface area contributed by atoms with Crippen LogP contribution < -0.4 is 26.4 Å². The van der Waals surface area contributed by atoms with Gasteiger partial charge in [0.15, 0.2) is 5.82 Å². The van der Waals surface area contributed by atoms with Gasteiger partial charge in [-0.15, -0.1) is 12.4 Å². The minimum atomic E-state index is -1.19. The van der Waals surface area contributed by atoms with Crippen molar-refractivity contribution >= 4 is 52.4 Å². The summed E-state index contributed by atoms with van der Waals surface area (Å²) in [6.07, 6.45) is 2.97. The fraction of sp³-hybridized carbons (Fsp3) is 0.267. The standard InChI is InChI=1S/C30H34N6O5.ClH.2H2O/c1-30(2,31)29(39)34-25(18-41-17-20-8-5-4-6-9-20)28(38)35-26-15-36(19-32-26)16-27(37)33-24-11-7-10-21-14-22(40-3)12-13-23(21)24;;;/h4-15,19,25H,16-18,31H2,1-3H3,(H,33,37)(H,34,39)(H,35,38);1H;2*1H2/t25-;;;/m1.../s1. The minimum Gasteiger partial charge on any atom is -0.497 e. The lowest BCUT2D eigenvalue weighted by Crippen LogP contribution is -2.56. The van der Waals surface area contributed by atoms with Crippen LogP contribution in [0.15, 0.2) is 79.3 Å². The van der Waals surface area contributed by atoms with Crippen LogP contribution in [0.4, 0.5) is 11.5 Å². The number of halogens is 1. The molecule has 4 aromatic rings. The highest BCUT2D eigenvalue weighted by Gasteiger charge is 2.28. The average Bonchev–Trinajstić information content (AvgIpc) is 3.38. The van der Waals surface area contributed by atoms with Crippen LogP contribution in [0.1, 0.15) is 19.4 Å². The fourth-order valence-corrected chi connectivity index (χ4v) is 3.97. The van der Waals surface area contributed by atoms with Gasteiger partial charge in [0.05, 0.1) is 32.2 Å². The normalized spacial score (nSPS) is 11.2. The summed E-state index contributed by atoms with van der Waals surface area (Å²) in [5.74, 6) is -0.362. The van der Waals surface area contributed by atoms with Gasteiger partial charge in [-0.3, -0.25) is 14.4 Å². The second-order valence-corrected chi connectivity index (χ2v) is 10.1. The van der Waals surface area contributed by atoms with E-state index in [4.69, 9.17) is 15.2 Å². The molecule has 0 aliphatic rings. The molecule has 1 heterocycles. The second-order valence-electron chi connectivity index (χ2n) is 10.1. The molecule has 0 unspecified atom stereocenters. The van der Waals surface area contributed by atoms with E-state index < -0.39 is 23.4 Å². The molecule has 0 spiro atoms. The number of methoxy groups -OCH3 is 1. The number of ether oxygens (including phenoxy) is 2. The summed E-state index contributed by atoms with van der Waals surface area (Å²) in [7, 11) is 1.60. The van der Waals surface area contributed by atoms with E-state index in [1.54, 1.807) is 25.5 Å². The number of fused-ring (bicyclic) bond motifs is 1. The number of nitrogens with two attached hydrogens (primary N) is 1. The van der Waals surface area contributed by atoms with Crippen LogP contribution in [0, 0.1) is 0 Å². The summed E-state index contributed by atoms with van der Waals surface area (Å²) in [4.78, 5) is 42.6. The van der Waals surface area contributed by atoms with Gasteiger partial charge in [-0.2, -0.15) is 0 Å². The summed E-state index contributed by atoms with van der Waals surface area (Å²) < 4.78 is 12.5. The Morgan fingerprint density at radius 1 is 1.00 bits per heavy atom. The van der Waals surface area contributed by atoms with Crippen molar-refractivity contribution in [1.82, 2.24) is 14.9 Å². The number of imidazole rings is 1. The van der Waals surface area contributed by atoms with E-state index in [0.717, 1.165) is 22.1 Å². The van der Waals surface area contributed by atoms with Crippen molar-refractivity contribution in [2.45, 2.75) is 38.6 Å². The number of carbonyl (C=O) groups is 3. The first kappa shape index (κ1) is 37.5. The maximum Gasteiger partial charge on any atom is 0.250 e. The maximum atomic E-state index is 13.1. The van der Waals surface area contributed by atoms with Crippen molar-refractivity contribution in [1.29, 1.82) is 0 Å². The highest BCUT2D eigenvalue weighted by molar-refractivity contribution is 6.02. The van der Waals surface area contributed by atoms with Gasteiger partial charge in [0.25, 0.3) is 5.91 Å². The second kappa shape index (κ2) is 16.9. The lowest BCUT2D eigenvalue weighted by molar-refractivity contribution is -0.130. The number of nitrogens with zero attached hydrogens (tertiary/aromatic N) is 2. The largest absolute Gasteiger partial charge is 0.497 e. The molecule has 3 amide bonds. The molecule has 0 radical (unpaired) electrons. The third-order valence-corrected chi connectivity index (χ3v) is 6.18. The van der Waals surface area contributed by atoms with Crippen LogP contribution >= 0.6 is 12.4 Å². The summed E-state index contributed by atoms with van der Waals surface area (Å²) in [6.45, 7) is 3.24. The first-order chi connectivity index (χ1) is 19.6. The summed E-state index contributed by atoms with van der Waals surface area (Å²) in [5, 5.41) is 10.1. The average molecular weight is 631 g/mol. The Hall–Kier alpha value is -4.53. The van der Waals surface area contributed by atoms with Gasteiger partial charge in [0, 0.05) is 17.3 Å². The zero-order valence-electron chi connectivity index (χ0n) is 24.6. The number of anilines is 2. The lowest BCUT2D eigenvalue weighted by Gasteiger charge is -2.23. The lowest BCUT2D eigenvalue weighted by atomic mass is 10.1. The van der Waals surface area contributed by atoms with Crippen LogP contribution in [0.3, 0.4) is 0 Å². The minimum absolute atomic E-state index is 0. The van der Waals surface area contributed by atoms with Gasteiger partial charge < -0.3 is 46.7 Å². The van der Waals surface area contributed by atoms with Crippen molar-refractivity contribution in [3.63, 3.8) is 0 Å². The van der Waals surface area contributed by atoms with Gasteiger partial charge in [-0.1, -0.05) is 42.5 Å². The topological polar surface area (TPSA) is 213 Å². The molecule has 1 atom stereocenters. The Morgan fingerprint density at radius 2 is 1.73 bits per heavy atom. The Morgan fingerprint density at radius 3 is 2.41 bits per heavy atom. The van der Waals surface area contributed by atoms with Crippen LogP contribution in [-0.4, -0.2) is 63.5 Å². The fourth-order valence-electron chi connectivity index (χ4n) is 3.97. The molecule has 1 aromatic heterocycles. The molecule has 0 aliphatic carbocycles. The number of rotatable bonds is 12. The van der Waals surface area contributed by atoms with Crippen molar-refractivity contribution in [2.24, 2.45) is 5.73 Å². The first-order valence-corrected chi connectivity index (χ1v) is 13.0. The van der Waals surface area contributed by atoms with Gasteiger partial charge >= 0.3 is 0 Å². The zero-order chi connectivity index (χ0) is 29.4. The van der Waals surface area contributed by atoms with Crippen LogP contribution in [0.2, 0.25) is 0 Å². The number of nitrogens with one attached hydrogen (secondary N) is 3. The number of carbonyl (C=O) groups excluding carboxylic acids is 3. The maximum absolute atomic E-state index is 13.1. The van der Waals surface area contributed by atoms with Gasteiger partial charge in [0.1, 0.15) is 18.3 Å². The highest BCUT2D eigenvalue weighted by Crippen LogP contribution is 2.27. The molecule has 9 N–H and O–H groups in total. The van der Waals surface area contributed by atoms with E-state index in [1.165, 1.54) is 12.5 Å². The summed E-state index contributed by atoms with van der Waals surface area (Å²) in [5.41, 5.74) is 6.31. The van der Waals surface area contributed by atoms with E-state index in [-0.39, 0.29) is 54.8 Å². The third kappa shape index (κ3) is 10.3. The van der Waals surface area contributed by atoms with Crippen molar-refractivity contribution < 1.29 is 34.8 Å². The SMILES string of the molecule is COc1ccc2c(NC(=O)Cn3cnc(NC(=O)[C@@H](COCc4ccccc4)NC(=O)C(C)(C)N)c3)cccc2c1.Cl.O.O. The number of aromatic nitrogens is 2. The van der Waals surface area contributed by atoms with Crippen molar-refractivity contribution in [2.75, 3.05) is 24.4 Å². The van der Waals surface area contributed by atoms with Gasteiger partial charge in [-0.05, 0) is 49.1 Å². The van der Waals surface area contributed by atoms with Crippen LogP contribution in [0.25, 0.3) is 10.8 Å². The van der Waals surface area contributed by atoms with Crippen molar-refractivity contribution in [3.8, 4) is 5.75 Å². The molecule has 0 bridgehead atoms. The molecule has 0 saturated heterocycles. The molecule has 238 valence electrons. The van der Waals surface area contributed by atoms with Gasteiger partial charge in [0.2, 0.25) is 11.8 Å². The molecule has 4 rings (SSSR count). The molecular weight excluding hydrogens is 592 g/mol. The summed E-state index contributed by atoms with van der Waals surface area (Å²) >= 11 is 0. The zero-order valence-corrected chi connectivity index (χ0v) is 25.4. The quantitative estimate of drug-likeness (QED) is 0.182. The highest BCUT2D eigenvalue weighted by atomic mass is 35.5. The molecule has 14 heteroatoms. The van der Waals surface area contributed by atoms with E-state index in [2.05, 4.69) is 20.9 Å². The van der Waals surface area contributed by atoms with Crippen LogP contribution in [-0.2, 0) is 32.3 Å². The number of hydrogen-bond acceptors (Lipinski definition) is 7. The third-order valence-electron chi connectivity index (χ3n) is 6.18. The number of benzene rings is 3.